The number of halogens is 4. The van der Waals surface area contributed by atoms with E-state index in [1.54, 1.807) is 4.68 Å². The van der Waals surface area contributed by atoms with Gasteiger partial charge in [-0.05, 0) is 71.4 Å². The average molecular weight is 572 g/mol. The van der Waals surface area contributed by atoms with E-state index in [0.29, 0.717) is 23.6 Å². The van der Waals surface area contributed by atoms with Crippen LogP contribution < -0.4 is 5.32 Å². The fourth-order valence-electron chi connectivity index (χ4n) is 7.23. The second-order valence-corrected chi connectivity index (χ2v) is 12.7. The maximum absolute atomic E-state index is 13.8. The molecule has 0 aliphatic heterocycles. The minimum Gasteiger partial charge on any atom is -0.347 e. The molecule has 3 unspecified atom stereocenters. The van der Waals surface area contributed by atoms with Gasteiger partial charge in [-0.1, -0.05) is 54.9 Å². The zero-order valence-electron chi connectivity index (χ0n) is 21.0. The number of fused-ring (bicyclic) bond motifs is 5. The predicted octanol–water partition coefficient (Wildman–Crippen LogP) is 7.23. The Morgan fingerprint density at radius 3 is 2.54 bits per heavy atom. The molecule has 194 valence electrons. The molecule has 2 aromatic carbocycles. The molecule has 3 aliphatic carbocycles. The lowest BCUT2D eigenvalue weighted by Gasteiger charge is -2.43. The van der Waals surface area contributed by atoms with Gasteiger partial charge in [-0.25, -0.2) is 0 Å². The Kier molecular flexibility index (Phi) is 5.47. The van der Waals surface area contributed by atoms with Crippen LogP contribution in [0.25, 0.3) is 11.3 Å². The third-order valence-corrected chi connectivity index (χ3v) is 9.61. The van der Waals surface area contributed by atoms with Gasteiger partial charge < -0.3 is 5.32 Å². The predicted molar refractivity (Wildman–Crippen MR) is 139 cm³/mol. The molecule has 4 nitrogen and oxygen atoms in total. The van der Waals surface area contributed by atoms with Crippen LogP contribution in [0.3, 0.4) is 0 Å². The quantitative estimate of drug-likeness (QED) is 0.281. The molecule has 2 fully saturated rings. The summed E-state index contributed by atoms with van der Waals surface area (Å²) in [5.74, 6) is 0.438. The minimum atomic E-state index is -4.38. The number of hydrogen-bond acceptors (Lipinski definition) is 2. The van der Waals surface area contributed by atoms with E-state index in [0.717, 1.165) is 51.8 Å². The molecule has 0 spiro atoms. The monoisotopic (exact) mass is 571 g/mol. The normalized spacial score (nSPS) is 25.3. The van der Waals surface area contributed by atoms with Crippen LogP contribution in [-0.4, -0.2) is 21.7 Å². The van der Waals surface area contributed by atoms with Crippen molar-refractivity contribution in [2.75, 3.05) is 0 Å². The van der Waals surface area contributed by atoms with Crippen molar-refractivity contribution in [3.05, 3.63) is 74.9 Å². The standard InChI is InChI=1S/C29H29BrF3N3O/c1-27(2)19-10-11-28(3,14-19)26(27)34-25(37)23-22-13-17-12-20(30)8-9-21(17)24(22)36(35-23)15-16-4-6-18(7-5-16)29(31,32)33/h4-9,12,19,26H,10-11,13-15H2,1-3H3,(H,34,37). The van der Waals surface area contributed by atoms with E-state index >= 15 is 0 Å². The van der Waals surface area contributed by atoms with E-state index in [1.165, 1.54) is 18.6 Å². The van der Waals surface area contributed by atoms with Gasteiger partial charge in [0.05, 0.1) is 17.8 Å². The number of hydrogen-bond donors (Lipinski definition) is 1. The lowest BCUT2D eigenvalue weighted by atomic mass is 9.68. The molecular formula is C29H29BrF3N3O. The maximum atomic E-state index is 13.8. The first-order valence-electron chi connectivity index (χ1n) is 12.7. The molecule has 6 rings (SSSR count). The molecule has 0 radical (unpaired) electrons. The molecule has 0 saturated heterocycles. The van der Waals surface area contributed by atoms with Gasteiger partial charge >= 0.3 is 6.18 Å². The number of amides is 1. The van der Waals surface area contributed by atoms with Gasteiger partial charge in [0.25, 0.3) is 5.91 Å². The van der Waals surface area contributed by atoms with E-state index in [2.05, 4.69) is 48.1 Å². The zero-order chi connectivity index (χ0) is 26.3. The van der Waals surface area contributed by atoms with E-state index in [-0.39, 0.29) is 29.3 Å². The third-order valence-electron chi connectivity index (χ3n) is 9.11. The second kappa shape index (κ2) is 8.19. The lowest BCUT2D eigenvalue weighted by molar-refractivity contribution is -0.137. The van der Waals surface area contributed by atoms with Crippen LogP contribution in [0.2, 0.25) is 0 Å². The Morgan fingerprint density at radius 1 is 1.16 bits per heavy atom. The smallest absolute Gasteiger partial charge is 0.347 e. The summed E-state index contributed by atoms with van der Waals surface area (Å²) in [6, 6.07) is 11.2. The number of benzene rings is 2. The summed E-state index contributed by atoms with van der Waals surface area (Å²) in [6.07, 6.45) is -0.338. The van der Waals surface area contributed by atoms with Crippen molar-refractivity contribution in [1.29, 1.82) is 0 Å². The summed E-state index contributed by atoms with van der Waals surface area (Å²) >= 11 is 3.54. The van der Waals surface area contributed by atoms with Crippen LogP contribution in [0, 0.1) is 16.7 Å². The van der Waals surface area contributed by atoms with Gasteiger partial charge in [0.1, 0.15) is 0 Å². The molecule has 2 bridgehead atoms. The van der Waals surface area contributed by atoms with Crippen LogP contribution >= 0.6 is 15.9 Å². The highest BCUT2D eigenvalue weighted by Crippen LogP contribution is 2.62. The molecule has 8 heteroatoms. The van der Waals surface area contributed by atoms with Crippen LogP contribution in [0.4, 0.5) is 13.2 Å². The molecule has 37 heavy (non-hydrogen) atoms. The highest BCUT2D eigenvalue weighted by molar-refractivity contribution is 9.10. The Hall–Kier alpha value is -2.61. The lowest BCUT2D eigenvalue weighted by Crippen LogP contribution is -2.52. The summed E-state index contributed by atoms with van der Waals surface area (Å²) in [7, 11) is 0. The molecule has 1 heterocycles. The van der Waals surface area contributed by atoms with Gasteiger partial charge in [0.2, 0.25) is 0 Å². The molecule has 1 amide bonds. The van der Waals surface area contributed by atoms with Crippen LogP contribution in [0.5, 0.6) is 0 Å². The van der Waals surface area contributed by atoms with Gasteiger partial charge in [-0.2, -0.15) is 18.3 Å². The molecule has 3 aliphatic rings. The number of carbonyl (C=O) groups is 1. The van der Waals surface area contributed by atoms with Gasteiger partial charge in [0, 0.05) is 28.1 Å². The highest BCUT2D eigenvalue weighted by atomic mass is 79.9. The first-order chi connectivity index (χ1) is 17.4. The maximum Gasteiger partial charge on any atom is 0.416 e. The SMILES string of the molecule is CC12CCC(C1)C(C)(C)C2NC(=O)c1nn(Cc2ccc(C(F)(F)F)cc2)c2c1Cc1cc(Br)ccc1-2. The minimum absolute atomic E-state index is 0.0163. The van der Waals surface area contributed by atoms with E-state index < -0.39 is 11.7 Å². The molecular weight excluding hydrogens is 543 g/mol. The Morgan fingerprint density at radius 2 is 1.89 bits per heavy atom. The van der Waals surface area contributed by atoms with Crippen molar-refractivity contribution in [3.63, 3.8) is 0 Å². The highest BCUT2D eigenvalue weighted by Gasteiger charge is 2.59. The molecule has 2 saturated carbocycles. The average Bonchev–Trinajstić information content (AvgIpc) is 3.53. The fraction of sp³-hybridized carbons (Fsp3) is 0.448. The topological polar surface area (TPSA) is 46.9 Å². The van der Waals surface area contributed by atoms with Crippen molar-refractivity contribution in [2.24, 2.45) is 16.7 Å². The van der Waals surface area contributed by atoms with E-state index in [9.17, 15) is 18.0 Å². The number of alkyl halides is 3. The number of nitrogens with one attached hydrogen (secondary N) is 1. The first-order valence-corrected chi connectivity index (χ1v) is 13.5. The number of nitrogens with zero attached hydrogens (tertiary/aromatic N) is 2. The summed E-state index contributed by atoms with van der Waals surface area (Å²) in [5, 5.41) is 8.14. The van der Waals surface area contributed by atoms with Crippen molar-refractivity contribution < 1.29 is 18.0 Å². The number of carbonyl (C=O) groups excluding carboxylic acids is 1. The molecule has 3 aromatic rings. The Balaban J connectivity index is 1.36. The van der Waals surface area contributed by atoms with Gasteiger partial charge in [-0.3, -0.25) is 9.48 Å². The van der Waals surface area contributed by atoms with Crippen LogP contribution in [-0.2, 0) is 19.1 Å². The van der Waals surface area contributed by atoms with Crippen molar-refractivity contribution >= 4 is 21.8 Å². The summed E-state index contributed by atoms with van der Waals surface area (Å²) < 4.78 is 41.9. The number of rotatable bonds is 4. The van der Waals surface area contributed by atoms with E-state index in [1.807, 2.05) is 12.1 Å². The summed E-state index contributed by atoms with van der Waals surface area (Å²) in [4.78, 5) is 13.8. The van der Waals surface area contributed by atoms with Crippen LogP contribution in [0.1, 0.15) is 72.8 Å². The molecule has 3 atom stereocenters. The molecule has 1 aromatic heterocycles. The zero-order valence-corrected chi connectivity index (χ0v) is 22.6. The second-order valence-electron chi connectivity index (χ2n) is 11.8. The summed E-state index contributed by atoms with van der Waals surface area (Å²) in [6.45, 7) is 7.08. The molecule has 1 N–H and O–H groups in total. The Bertz CT molecular complexity index is 1400. The fourth-order valence-corrected chi connectivity index (χ4v) is 7.64. The van der Waals surface area contributed by atoms with Crippen molar-refractivity contribution in [3.8, 4) is 11.3 Å². The largest absolute Gasteiger partial charge is 0.416 e. The van der Waals surface area contributed by atoms with E-state index in [4.69, 9.17) is 5.10 Å². The Labute approximate surface area is 222 Å². The first kappa shape index (κ1) is 24.7. The summed E-state index contributed by atoms with van der Waals surface area (Å²) in [5.41, 5.74) is 4.38. The van der Waals surface area contributed by atoms with Crippen LogP contribution in [0.15, 0.2) is 46.9 Å². The van der Waals surface area contributed by atoms with Crippen molar-refractivity contribution in [1.82, 2.24) is 15.1 Å². The van der Waals surface area contributed by atoms with Gasteiger partial charge in [-0.15, -0.1) is 0 Å². The van der Waals surface area contributed by atoms with Crippen molar-refractivity contribution in [2.45, 2.75) is 65.2 Å². The third kappa shape index (κ3) is 3.94. The number of aromatic nitrogens is 2. The van der Waals surface area contributed by atoms with Gasteiger partial charge in [0.15, 0.2) is 5.69 Å².